The van der Waals surface area contributed by atoms with Crippen molar-refractivity contribution in [2.24, 2.45) is 18.9 Å². The molecule has 0 spiro atoms. The third kappa shape index (κ3) is 3.88. The van der Waals surface area contributed by atoms with Gasteiger partial charge in [-0.2, -0.15) is 9.78 Å². The molecule has 2 heterocycles. The Bertz CT molecular complexity index is 1510. The van der Waals surface area contributed by atoms with Crippen LogP contribution >= 0.6 is 11.6 Å². The van der Waals surface area contributed by atoms with E-state index in [2.05, 4.69) is 24.3 Å². The Balaban J connectivity index is 1.73. The molecule has 5 rings (SSSR count). The van der Waals surface area contributed by atoms with E-state index in [9.17, 15) is 9.59 Å². The monoisotopic (exact) mass is 492 g/mol. The highest BCUT2D eigenvalue weighted by molar-refractivity contribution is 6.32. The fourth-order valence-electron chi connectivity index (χ4n) is 5.32. The number of benzene rings is 2. The van der Waals surface area contributed by atoms with E-state index in [0.717, 1.165) is 23.7 Å². The van der Waals surface area contributed by atoms with Gasteiger partial charge >= 0.3 is 0 Å². The number of hydrogen-bond donors (Lipinski definition) is 1. The molecule has 0 radical (unpaired) electrons. The summed E-state index contributed by atoms with van der Waals surface area (Å²) in [6, 6.07) is 12.8. The second-order valence-corrected chi connectivity index (χ2v) is 9.94. The Hall–Kier alpha value is -3.32. The molecule has 35 heavy (non-hydrogen) atoms. The van der Waals surface area contributed by atoms with Gasteiger partial charge in [-0.05, 0) is 42.5 Å². The molecule has 1 fully saturated rings. The van der Waals surface area contributed by atoms with Crippen molar-refractivity contribution in [3.8, 4) is 11.4 Å². The number of nitrogens with zero attached hydrogens (tertiary/aromatic N) is 3. The minimum absolute atomic E-state index is 0.0638. The number of ether oxygens (including phenoxy) is 1. The van der Waals surface area contributed by atoms with Crippen LogP contribution in [-0.2, 0) is 7.05 Å². The fraction of sp³-hybridized carbons (Fsp3) is 0.370. The zero-order valence-corrected chi connectivity index (χ0v) is 21.1. The normalized spacial score (nSPS) is 20.3. The number of aromatic nitrogens is 3. The first-order valence-corrected chi connectivity index (χ1v) is 12.3. The largest absolute Gasteiger partial charge is 0.495 e. The van der Waals surface area contributed by atoms with Crippen molar-refractivity contribution in [3.63, 3.8) is 0 Å². The van der Waals surface area contributed by atoms with Gasteiger partial charge in [-0.1, -0.05) is 56.5 Å². The van der Waals surface area contributed by atoms with Crippen LogP contribution in [0.4, 0.5) is 0 Å². The minimum atomic E-state index is -0.323. The summed E-state index contributed by atoms with van der Waals surface area (Å²) in [4.78, 5) is 27.5. The van der Waals surface area contributed by atoms with Gasteiger partial charge in [-0.15, -0.1) is 0 Å². The van der Waals surface area contributed by atoms with Crippen molar-refractivity contribution in [2.75, 3.05) is 7.11 Å². The number of hydrogen-bond acceptors (Lipinski definition) is 4. The molecule has 1 aliphatic carbocycles. The number of aryl methyl sites for hydroxylation is 1. The van der Waals surface area contributed by atoms with Crippen LogP contribution in [0.2, 0.25) is 5.02 Å². The molecule has 2 aromatic carbocycles. The second kappa shape index (κ2) is 9.04. The van der Waals surface area contributed by atoms with E-state index in [1.54, 1.807) is 18.2 Å². The molecule has 1 N–H and O–H groups in total. The van der Waals surface area contributed by atoms with Crippen molar-refractivity contribution in [3.05, 3.63) is 63.5 Å². The molecule has 7 nitrogen and oxygen atoms in total. The minimum Gasteiger partial charge on any atom is -0.495 e. The van der Waals surface area contributed by atoms with Gasteiger partial charge in [0.05, 0.1) is 17.8 Å². The van der Waals surface area contributed by atoms with Gasteiger partial charge in [-0.3, -0.25) is 9.59 Å². The second-order valence-electron chi connectivity index (χ2n) is 9.53. The molecule has 0 saturated heterocycles. The zero-order chi connectivity index (χ0) is 24.9. The third-order valence-corrected chi connectivity index (χ3v) is 7.85. The Kier molecular flexibility index (Phi) is 6.05. The summed E-state index contributed by atoms with van der Waals surface area (Å²) in [5.41, 5.74) is 1.65. The van der Waals surface area contributed by atoms with Gasteiger partial charge in [0, 0.05) is 29.4 Å². The molecular weight excluding hydrogens is 464 g/mol. The van der Waals surface area contributed by atoms with Crippen LogP contribution in [0.3, 0.4) is 0 Å². The molecule has 0 unspecified atom stereocenters. The quantitative estimate of drug-likeness (QED) is 0.430. The average Bonchev–Trinajstić information content (AvgIpc) is 3.15. The van der Waals surface area contributed by atoms with E-state index >= 15 is 0 Å². The average molecular weight is 493 g/mol. The van der Waals surface area contributed by atoms with Crippen molar-refractivity contribution in [1.82, 2.24) is 19.7 Å². The van der Waals surface area contributed by atoms with Gasteiger partial charge in [-0.25, -0.2) is 0 Å². The van der Waals surface area contributed by atoms with E-state index < -0.39 is 0 Å². The number of para-hydroxylation sites is 1. The van der Waals surface area contributed by atoms with Gasteiger partial charge in [0.1, 0.15) is 11.3 Å². The van der Waals surface area contributed by atoms with E-state index in [0.29, 0.717) is 39.2 Å². The lowest BCUT2D eigenvalue weighted by Gasteiger charge is -2.34. The molecule has 3 atom stereocenters. The summed E-state index contributed by atoms with van der Waals surface area (Å²) in [5.74, 6) is 1.12. The van der Waals surface area contributed by atoms with Gasteiger partial charge < -0.3 is 14.6 Å². The van der Waals surface area contributed by atoms with E-state index in [4.69, 9.17) is 16.3 Å². The Labute approximate surface area is 208 Å². The molecule has 4 aromatic rings. The summed E-state index contributed by atoms with van der Waals surface area (Å²) < 4.78 is 8.34. The number of methoxy groups -OCH3 is 1. The van der Waals surface area contributed by atoms with Crippen molar-refractivity contribution in [1.29, 1.82) is 0 Å². The van der Waals surface area contributed by atoms with Crippen molar-refractivity contribution in [2.45, 2.75) is 39.2 Å². The van der Waals surface area contributed by atoms with Crippen LogP contribution in [0.25, 0.3) is 27.5 Å². The Morgan fingerprint density at radius 2 is 1.94 bits per heavy atom. The summed E-state index contributed by atoms with van der Waals surface area (Å²) in [5, 5.41) is 9.60. The lowest BCUT2D eigenvalue weighted by atomic mass is 9.78. The SMILES string of the molecule is COc1ccc(-n2nc(C(=O)N[C@@H]3CCC[C@@H](C)[C@@H]3C)c3c4ccccc4n(C)c3c2=O)cc1Cl. The molecule has 1 saturated carbocycles. The Morgan fingerprint density at radius 3 is 2.69 bits per heavy atom. The summed E-state index contributed by atoms with van der Waals surface area (Å²) >= 11 is 6.35. The Morgan fingerprint density at radius 1 is 1.17 bits per heavy atom. The first-order chi connectivity index (χ1) is 16.8. The highest BCUT2D eigenvalue weighted by Crippen LogP contribution is 2.32. The third-order valence-electron chi connectivity index (χ3n) is 7.56. The standard InChI is InChI=1S/C27H29ClN4O3/c1-15-8-7-10-20(16(15)2)29-26(33)24-23-18-9-5-6-11-21(18)31(3)25(23)27(34)32(30-24)17-12-13-22(35-4)19(28)14-17/h5-6,9,11-16,20H,7-8,10H2,1-4H3,(H,29,33)/t15-,16+,20-/m1/s1. The summed E-state index contributed by atoms with van der Waals surface area (Å²) in [7, 11) is 3.37. The molecule has 0 bridgehead atoms. The van der Waals surface area contributed by atoms with Gasteiger partial charge in [0.15, 0.2) is 5.69 Å². The summed E-state index contributed by atoms with van der Waals surface area (Å²) in [6.45, 7) is 4.42. The highest BCUT2D eigenvalue weighted by atomic mass is 35.5. The lowest BCUT2D eigenvalue weighted by molar-refractivity contribution is 0.0886. The van der Waals surface area contributed by atoms with Gasteiger partial charge in [0.25, 0.3) is 11.5 Å². The van der Waals surface area contributed by atoms with Crippen LogP contribution in [-0.4, -0.2) is 33.4 Å². The first kappa shape index (κ1) is 23.4. The van der Waals surface area contributed by atoms with Crippen molar-refractivity contribution >= 4 is 39.3 Å². The molecular formula is C27H29ClN4O3. The molecule has 1 aliphatic rings. The summed E-state index contributed by atoms with van der Waals surface area (Å²) in [6.07, 6.45) is 3.18. The van der Waals surface area contributed by atoms with Crippen LogP contribution in [0.1, 0.15) is 43.6 Å². The molecule has 182 valence electrons. The number of rotatable bonds is 4. The topological polar surface area (TPSA) is 78.2 Å². The molecule has 0 aliphatic heterocycles. The number of amides is 1. The van der Waals surface area contributed by atoms with Crippen molar-refractivity contribution < 1.29 is 9.53 Å². The predicted octanol–water partition coefficient (Wildman–Crippen LogP) is 5.09. The van der Waals surface area contributed by atoms with Crippen LogP contribution < -0.4 is 15.6 Å². The number of carbonyl (C=O) groups excluding carboxylic acids is 1. The maximum Gasteiger partial charge on any atom is 0.296 e. The fourth-order valence-corrected chi connectivity index (χ4v) is 5.57. The van der Waals surface area contributed by atoms with E-state index in [1.165, 1.54) is 18.2 Å². The number of fused-ring (bicyclic) bond motifs is 3. The van der Waals surface area contributed by atoms with E-state index in [1.807, 2.05) is 35.9 Å². The van der Waals surface area contributed by atoms with Crippen LogP contribution in [0, 0.1) is 11.8 Å². The molecule has 2 aromatic heterocycles. The van der Waals surface area contributed by atoms with Crippen LogP contribution in [0.15, 0.2) is 47.3 Å². The number of nitrogens with one attached hydrogen (secondary N) is 1. The maximum atomic E-state index is 13.7. The van der Waals surface area contributed by atoms with Gasteiger partial charge in [0.2, 0.25) is 0 Å². The highest BCUT2D eigenvalue weighted by Gasteiger charge is 2.30. The molecule has 1 amide bonds. The van der Waals surface area contributed by atoms with Crippen LogP contribution in [0.5, 0.6) is 5.75 Å². The lowest BCUT2D eigenvalue weighted by Crippen LogP contribution is -2.44. The maximum absolute atomic E-state index is 13.7. The predicted molar refractivity (Wildman–Crippen MR) is 139 cm³/mol. The first-order valence-electron chi connectivity index (χ1n) is 12.0. The molecule has 8 heteroatoms. The zero-order valence-electron chi connectivity index (χ0n) is 20.3. The van der Waals surface area contributed by atoms with E-state index in [-0.39, 0.29) is 23.2 Å². The smallest absolute Gasteiger partial charge is 0.296 e. The number of halogens is 1. The number of carbonyl (C=O) groups is 1.